The van der Waals surface area contributed by atoms with Gasteiger partial charge in [0, 0.05) is 42.7 Å². The highest BCUT2D eigenvalue weighted by molar-refractivity contribution is 6.35. The predicted octanol–water partition coefficient (Wildman–Crippen LogP) is 2.99. The fourth-order valence-corrected chi connectivity index (χ4v) is 2.77. The second-order valence-corrected chi connectivity index (χ2v) is 6.35. The first-order valence-corrected chi connectivity index (χ1v) is 8.33. The lowest BCUT2D eigenvalue weighted by molar-refractivity contribution is -0.118. The highest BCUT2D eigenvalue weighted by Gasteiger charge is 2.25. The van der Waals surface area contributed by atoms with E-state index in [2.05, 4.69) is 10.3 Å². The average molecular weight is 398 g/mol. The normalized spacial score (nSPS) is 16.9. The summed E-state index contributed by atoms with van der Waals surface area (Å²) >= 11 is 6.07. The van der Waals surface area contributed by atoms with E-state index >= 15 is 4.39 Å². The fourth-order valence-electron chi connectivity index (χ4n) is 2.54. The Balaban J connectivity index is 2.63. The van der Waals surface area contributed by atoms with Gasteiger partial charge in [-0.2, -0.15) is 0 Å². The molecule has 2 atom stereocenters. The molecule has 1 aromatic carbocycles. The number of ketones is 1. The Bertz CT molecular complexity index is 1020. The van der Waals surface area contributed by atoms with Crippen molar-refractivity contribution < 1.29 is 20.8 Å². The van der Waals surface area contributed by atoms with Crippen LogP contribution in [-0.4, -0.2) is 22.7 Å². The van der Waals surface area contributed by atoms with Gasteiger partial charge in [0.1, 0.15) is 11.6 Å². The van der Waals surface area contributed by atoms with Gasteiger partial charge in [-0.3, -0.25) is 9.59 Å². The number of anilines is 1. The Hall–Kier alpha value is -2.51. The quantitative estimate of drug-likeness (QED) is 0.593. The standard InChI is InChI=1S/C19H22ClFN4O2/c1-3-14(25-10(2)8-16(23)26)12-5-6-13(20)17(18(12)21)19(27)11-4-7-15(22)24-9-11/h4-7,9-10,14,25H,3,8H2,1-2H3,(H2,22,24)(H2,23,26)/t10-,14+/m0/s1/i1D3,3D2. The summed E-state index contributed by atoms with van der Waals surface area (Å²) in [6, 6.07) is 2.35. The molecule has 0 aliphatic rings. The number of halogens is 2. The van der Waals surface area contributed by atoms with Gasteiger partial charge >= 0.3 is 0 Å². The van der Waals surface area contributed by atoms with Gasteiger partial charge in [-0.15, -0.1) is 0 Å². The van der Waals surface area contributed by atoms with E-state index in [0.717, 1.165) is 12.3 Å². The Labute approximate surface area is 169 Å². The maximum absolute atomic E-state index is 15.6. The average Bonchev–Trinajstić information content (AvgIpc) is 2.65. The molecular weight excluding hydrogens is 371 g/mol. The summed E-state index contributed by atoms with van der Waals surface area (Å²) in [5, 5.41) is 2.37. The van der Waals surface area contributed by atoms with Crippen molar-refractivity contribution in [2.75, 3.05) is 5.73 Å². The lowest BCUT2D eigenvalue weighted by Crippen LogP contribution is -2.34. The number of aromatic nitrogens is 1. The summed E-state index contributed by atoms with van der Waals surface area (Å²) in [4.78, 5) is 27.9. The number of carbonyl (C=O) groups is 2. The van der Waals surface area contributed by atoms with Crippen LogP contribution in [0.15, 0.2) is 30.5 Å². The molecule has 0 saturated carbocycles. The Morgan fingerprint density at radius 1 is 1.41 bits per heavy atom. The number of nitrogens with one attached hydrogen (secondary N) is 1. The summed E-state index contributed by atoms with van der Waals surface area (Å²) < 4.78 is 54.8. The number of carbonyl (C=O) groups excluding carboxylic acids is 2. The molecule has 0 bridgehead atoms. The molecule has 0 aliphatic heterocycles. The molecule has 2 rings (SSSR count). The zero-order chi connectivity index (χ0) is 24.4. The molecule has 1 amide bonds. The van der Waals surface area contributed by atoms with Crippen molar-refractivity contribution in [3.8, 4) is 0 Å². The van der Waals surface area contributed by atoms with E-state index in [-0.39, 0.29) is 22.8 Å². The number of rotatable bonds is 8. The highest BCUT2D eigenvalue weighted by atomic mass is 35.5. The first-order chi connectivity index (χ1) is 14.7. The highest BCUT2D eigenvalue weighted by Crippen LogP contribution is 2.30. The summed E-state index contributed by atoms with van der Waals surface area (Å²) in [5.41, 5.74) is 9.61. The van der Waals surface area contributed by atoms with Crippen molar-refractivity contribution in [3.05, 3.63) is 58.0 Å². The molecule has 6 nitrogen and oxygen atoms in total. The number of benzene rings is 1. The molecule has 0 aliphatic carbocycles. The molecule has 0 fully saturated rings. The molecule has 8 heteroatoms. The maximum Gasteiger partial charge on any atom is 0.218 e. The minimum atomic E-state index is -3.17. The van der Waals surface area contributed by atoms with Crippen LogP contribution in [0.5, 0.6) is 0 Å². The van der Waals surface area contributed by atoms with Gasteiger partial charge in [0.2, 0.25) is 5.91 Å². The Morgan fingerprint density at radius 3 is 2.74 bits per heavy atom. The first-order valence-electron chi connectivity index (χ1n) is 10.4. The molecular formula is C19H22ClFN4O2. The van der Waals surface area contributed by atoms with Crippen LogP contribution in [0.25, 0.3) is 0 Å². The first kappa shape index (κ1) is 14.5. The number of amides is 1. The topological polar surface area (TPSA) is 111 Å². The fraction of sp³-hybridized carbons (Fsp3) is 0.316. The molecule has 1 heterocycles. The summed E-state index contributed by atoms with van der Waals surface area (Å²) in [6.07, 6.45) is -2.12. The number of nitrogens with zero attached hydrogens (tertiary/aromatic N) is 1. The number of nitrogens with two attached hydrogens (primary N) is 2. The van der Waals surface area contributed by atoms with Gasteiger partial charge in [0.05, 0.1) is 10.6 Å². The second-order valence-electron chi connectivity index (χ2n) is 5.94. The van der Waals surface area contributed by atoms with Crippen molar-refractivity contribution in [1.29, 1.82) is 0 Å². The Kier molecular flexibility index (Phi) is 4.80. The monoisotopic (exact) mass is 397 g/mol. The lowest BCUT2D eigenvalue weighted by Gasteiger charge is -2.23. The molecule has 0 spiro atoms. The van der Waals surface area contributed by atoms with Crippen molar-refractivity contribution in [2.24, 2.45) is 5.73 Å². The largest absolute Gasteiger partial charge is 0.384 e. The van der Waals surface area contributed by atoms with Crippen molar-refractivity contribution >= 4 is 29.1 Å². The predicted molar refractivity (Wildman–Crippen MR) is 103 cm³/mol. The van der Waals surface area contributed by atoms with E-state index < -0.39 is 53.9 Å². The lowest BCUT2D eigenvalue weighted by atomic mass is 9.96. The molecule has 144 valence electrons. The van der Waals surface area contributed by atoms with Crippen molar-refractivity contribution in [1.82, 2.24) is 10.3 Å². The molecule has 0 radical (unpaired) electrons. The van der Waals surface area contributed by atoms with Gasteiger partial charge in [-0.05, 0) is 31.5 Å². The Morgan fingerprint density at radius 2 is 2.15 bits per heavy atom. The second kappa shape index (κ2) is 8.92. The van der Waals surface area contributed by atoms with E-state index in [1.807, 2.05) is 0 Å². The SMILES string of the molecule is [2H]C([2H])([2H])C([2H])([2H])[C@@H](N[C@@H](C)CC(N)=O)c1ccc(Cl)c(C(=O)c2ccc(N)nc2)c1F. The van der Waals surface area contributed by atoms with Crippen LogP contribution >= 0.6 is 11.6 Å². The van der Waals surface area contributed by atoms with E-state index in [1.54, 1.807) is 0 Å². The number of nitrogen functional groups attached to an aromatic ring is 1. The molecule has 1 aromatic heterocycles. The van der Waals surface area contributed by atoms with E-state index in [4.69, 9.17) is 29.9 Å². The van der Waals surface area contributed by atoms with E-state index in [9.17, 15) is 9.59 Å². The van der Waals surface area contributed by atoms with Crippen molar-refractivity contribution in [3.63, 3.8) is 0 Å². The van der Waals surface area contributed by atoms with Crippen LogP contribution in [0.2, 0.25) is 5.02 Å². The minimum absolute atomic E-state index is 0.0254. The number of primary amides is 1. The summed E-state index contributed by atoms with van der Waals surface area (Å²) in [6.45, 7) is -1.71. The van der Waals surface area contributed by atoms with Crippen LogP contribution in [0.3, 0.4) is 0 Å². The van der Waals surface area contributed by atoms with E-state index in [0.29, 0.717) is 0 Å². The van der Waals surface area contributed by atoms with Gasteiger partial charge in [0.25, 0.3) is 0 Å². The zero-order valence-electron chi connectivity index (χ0n) is 19.4. The van der Waals surface area contributed by atoms with Crippen molar-refractivity contribution in [2.45, 2.75) is 38.7 Å². The van der Waals surface area contributed by atoms with Gasteiger partial charge in [-0.25, -0.2) is 9.37 Å². The number of hydrogen-bond donors (Lipinski definition) is 3. The number of hydrogen-bond acceptors (Lipinski definition) is 5. The third-order valence-corrected chi connectivity index (χ3v) is 4.13. The van der Waals surface area contributed by atoms with Crippen LogP contribution in [0.1, 0.15) is 60.9 Å². The molecule has 2 aromatic rings. The van der Waals surface area contributed by atoms with Crippen LogP contribution in [0.4, 0.5) is 10.2 Å². The minimum Gasteiger partial charge on any atom is -0.384 e. The number of pyridine rings is 1. The van der Waals surface area contributed by atoms with Crippen LogP contribution < -0.4 is 16.8 Å². The van der Waals surface area contributed by atoms with E-state index in [1.165, 1.54) is 25.1 Å². The molecule has 0 saturated heterocycles. The molecule has 5 N–H and O–H groups in total. The third-order valence-electron chi connectivity index (χ3n) is 3.81. The molecule has 27 heavy (non-hydrogen) atoms. The maximum atomic E-state index is 15.6. The van der Waals surface area contributed by atoms with Gasteiger partial charge in [-0.1, -0.05) is 24.5 Å². The third kappa shape index (κ3) is 5.02. The van der Waals surface area contributed by atoms with Gasteiger partial charge < -0.3 is 16.8 Å². The smallest absolute Gasteiger partial charge is 0.218 e. The molecule has 0 unspecified atom stereocenters. The summed E-state index contributed by atoms with van der Waals surface area (Å²) in [5.74, 6) is -2.63. The van der Waals surface area contributed by atoms with Gasteiger partial charge in [0.15, 0.2) is 5.78 Å². The van der Waals surface area contributed by atoms with Crippen LogP contribution in [-0.2, 0) is 4.79 Å². The summed E-state index contributed by atoms with van der Waals surface area (Å²) in [7, 11) is 0. The van der Waals surface area contributed by atoms with Crippen LogP contribution in [0, 0.1) is 5.82 Å². The zero-order valence-corrected chi connectivity index (χ0v) is 15.2.